The van der Waals surface area contributed by atoms with Crippen LogP contribution in [0.3, 0.4) is 0 Å². The van der Waals surface area contributed by atoms with E-state index in [9.17, 15) is 0 Å². The van der Waals surface area contributed by atoms with Crippen molar-refractivity contribution >= 4 is 5.82 Å². The van der Waals surface area contributed by atoms with Crippen LogP contribution >= 0.6 is 0 Å². The number of hydrogen-bond acceptors (Lipinski definition) is 3. The zero-order valence-electron chi connectivity index (χ0n) is 29.9. The van der Waals surface area contributed by atoms with Gasteiger partial charge in [-0.1, -0.05) is 135 Å². The van der Waals surface area contributed by atoms with E-state index in [1.165, 1.54) is 151 Å². The Kier molecular flexibility index (Phi) is 25.7. The summed E-state index contributed by atoms with van der Waals surface area (Å²) in [5.74, 6) is 2.02. The molecule has 0 aromatic carbocycles. The van der Waals surface area contributed by atoms with Crippen LogP contribution in [0.4, 0.5) is 5.82 Å². The number of nitrogens with one attached hydrogen (secondary N) is 1. The number of rotatable bonds is 22. The number of fused-ring (bicyclic) bond motifs is 1. The third-order valence-corrected chi connectivity index (χ3v) is 8.43. The number of pyridine rings is 2. The molecular formula is C41H71N3. The molecule has 0 fully saturated rings. The van der Waals surface area contributed by atoms with Gasteiger partial charge >= 0.3 is 0 Å². The number of aromatic nitrogens is 2. The summed E-state index contributed by atoms with van der Waals surface area (Å²) in [6.45, 7) is 15.8. The summed E-state index contributed by atoms with van der Waals surface area (Å²) < 4.78 is 0. The number of hydrogen-bond donors (Lipinski definition) is 1. The van der Waals surface area contributed by atoms with Crippen LogP contribution in [0.25, 0.3) is 0 Å². The molecule has 0 bridgehead atoms. The lowest BCUT2D eigenvalue weighted by Crippen LogP contribution is -2.13. The molecule has 3 nitrogen and oxygen atoms in total. The molecule has 0 unspecified atom stereocenters. The first kappa shape index (κ1) is 39.9. The van der Waals surface area contributed by atoms with Crippen molar-refractivity contribution < 1.29 is 0 Å². The van der Waals surface area contributed by atoms with Gasteiger partial charge in [0.2, 0.25) is 0 Å². The average Bonchev–Trinajstić information content (AvgIpc) is 3.04. The topological polar surface area (TPSA) is 37.8 Å². The van der Waals surface area contributed by atoms with E-state index in [2.05, 4.69) is 61.9 Å². The lowest BCUT2D eigenvalue weighted by Gasteiger charge is -2.17. The Hall–Kier alpha value is -2.16. The molecule has 0 spiro atoms. The van der Waals surface area contributed by atoms with E-state index in [-0.39, 0.29) is 0 Å². The maximum absolute atomic E-state index is 4.76. The fourth-order valence-corrected chi connectivity index (χ4v) is 5.77. The van der Waals surface area contributed by atoms with Gasteiger partial charge in [0.05, 0.1) is 0 Å². The highest BCUT2D eigenvalue weighted by Crippen LogP contribution is 2.21. The van der Waals surface area contributed by atoms with Crippen molar-refractivity contribution in [2.24, 2.45) is 5.92 Å². The van der Waals surface area contributed by atoms with Gasteiger partial charge in [0.1, 0.15) is 5.82 Å². The number of anilines is 1. The van der Waals surface area contributed by atoms with Gasteiger partial charge in [0, 0.05) is 24.1 Å². The number of unbranched alkanes of at least 4 members (excludes halogenated alkanes) is 14. The minimum absolute atomic E-state index is 0.885. The zero-order chi connectivity index (χ0) is 32.1. The van der Waals surface area contributed by atoms with Crippen molar-refractivity contribution in [2.75, 3.05) is 11.9 Å². The van der Waals surface area contributed by atoms with Crippen LogP contribution in [-0.4, -0.2) is 16.5 Å². The third kappa shape index (κ3) is 22.4. The van der Waals surface area contributed by atoms with E-state index in [0.717, 1.165) is 31.1 Å². The average molecular weight is 606 g/mol. The molecule has 44 heavy (non-hydrogen) atoms. The summed E-state index contributed by atoms with van der Waals surface area (Å²) >= 11 is 0. The smallest absolute Gasteiger partial charge is 0.129 e. The Labute approximate surface area is 274 Å². The molecule has 1 N–H and O–H groups in total. The summed E-state index contributed by atoms with van der Waals surface area (Å²) in [4.78, 5) is 9.13. The van der Waals surface area contributed by atoms with Crippen LogP contribution in [0.2, 0.25) is 0 Å². The number of allylic oxidation sites excluding steroid dienone is 1. The molecule has 0 aliphatic carbocycles. The molecule has 3 heterocycles. The molecule has 3 heteroatoms. The Morgan fingerprint density at radius 2 is 1.30 bits per heavy atom. The van der Waals surface area contributed by atoms with Crippen molar-refractivity contribution in [3.05, 3.63) is 65.6 Å². The molecule has 0 saturated carbocycles. The van der Waals surface area contributed by atoms with Crippen LogP contribution in [-0.2, 0) is 19.3 Å². The van der Waals surface area contributed by atoms with E-state index < -0.39 is 0 Å². The first-order valence-electron chi connectivity index (χ1n) is 18.8. The van der Waals surface area contributed by atoms with Gasteiger partial charge in [-0.05, 0) is 88.0 Å². The maximum Gasteiger partial charge on any atom is 0.129 e. The Morgan fingerprint density at radius 1 is 0.727 bits per heavy atom. The second-order valence-electron chi connectivity index (χ2n) is 13.2. The summed E-state index contributed by atoms with van der Waals surface area (Å²) in [5.41, 5.74) is 5.22. The Balaban J connectivity index is 0.000000417. The third-order valence-electron chi connectivity index (χ3n) is 8.43. The lowest BCUT2D eigenvalue weighted by atomic mass is 10.0. The van der Waals surface area contributed by atoms with Crippen molar-refractivity contribution in [1.29, 1.82) is 0 Å². The Bertz CT molecular complexity index is 921. The molecule has 2 aromatic rings. The van der Waals surface area contributed by atoms with Crippen molar-refractivity contribution in [2.45, 2.75) is 176 Å². The van der Waals surface area contributed by atoms with Crippen LogP contribution < -0.4 is 5.32 Å². The van der Waals surface area contributed by atoms with Crippen LogP contribution in [0.15, 0.2) is 48.7 Å². The molecule has 1 aliphatic rings. The first-order chi connectivity index (χ1) is 21.5. The molecular weight excluding hydrogens is 534 g/mol. The summed E-state index contributed by atoms with van der Waals surface area (Å²) in [5, 5.41) is 3.42. The number of aryl methyl sites for hydroxylation is 3. The fourth-order valence-electron chi connectivity index (χ4n) is 5.77. The predicted molar refractivity (Wildman–Crippen MR) is 197 cm³/mol. The molecule has 250 valence electrons. The summed E-state index contributed by atoms with van der Waals surface area (Å²) in [6, 6.07) is 10.7. The molecule has 0 amide bonds. The van der Waals surface area contributed by atoms with Gasteiger partial charge in [0.25, 0.3) is 0 Å². The van der Waals surface area contributed by atoms with Gasteiger partial charge in [-0.3, -0.25) is 4.98 Å². The van der Waals surface area contributed by atoms with E-state index in [4.69, 9.17) is 4.98 Å². The molecule has 2 aromatic heterocycles. The monoisotopic (exact) mass is 606 g/mol. The highest BCUT2D eigenvalue weighted by molar-refractivity contribution is 5.47. The minimum Gasteiger partial charge on any atom is -0.370 e. The highest BCUT2D eigenvalue weighted by atomic mass is 15.0. The fraction of sp³-hybridized carbons (Fsp3) is 0.707. The normalized spacial score (nSPS) is 12.0. The standard InChI is InChI=1S/C20H35N.C19H30N2.C2H6/c1-19(2)15-11-9-7-5-3-4-6-8-10-12-16-20-17-13-14-18-21-20;1-16(2)10-7-5-3-4-6-8-12-18-14-13-17-11-9-15-20-19(17)21-18;1-2/h13-14,17-19H,3-12,15-16H2,1-2H3;13-14H,1,3-12,15H2,2H3,(H,20,21);1-2H3. The minimum atomic E-state index is 0.885. The van der Waals surface area contributed by atoms with E-state index in [1.807, 2.05) is 26.1 Å². The van der Waals surface area contributed by atoms with Crippen LogP contribution in [0.5, 0.6) is 0 Å². The molecule has 0 atom stereocenters. The first-order valence-corrected chi connectivity index (χ1v) is 18.8. The zero-order valence-corrected chi connectivity index (χ0v) is 29.9. The van der Waals surface area contributed by atoms with Gasteiger partial charge in [-0.25, -0.2) is 4.98 Å². The quantitative estimate of drug-likeness (QED) is 0.107. The van der Waals surface area contributed by atoms with Crippen molar-refractivity contribution in [1.82, 2.24) is 9.97 Å². The second kappa shape index (κ2) is 28.3. The lowest BCUT2D eigenvalue weighted by molar-refractivity contribution is 0.504. The van der Waals surface area contributed by atoms with E-state index >= 15 is 0 Å². The van der Waals surface area contributed by atoms with Crippen LogP contribution in [0, 0.1) is 5.92 Å². The molecule has 0 radical (unpaired) electrons. The highest BCUT2D eigenvalue weighted by Gasteiger charge is 2.10. The van der Waals surface area contributed by atoms with Gasteiger partial charge in [-0.15, -0.1) is 6.58 Å². The van der Waals surface area contributed by atoms with Crippen LogP contribution in [0.1, 0.15) is 174 Å². The van der Waals surface area contributed by atoms with Crippen molar-refractivity contribution in [3.63, 3.8) is 0 Å². The van der Waals surface area contributed by atoms with E-state index in [1.54, 1.807) is 0 Å². The van der Waals surface area contributed by atoms with Gasteiger partial charge in [-0.2, -0.15) is 0 Å². The maximum atomic E-state index is 4.76. The van der Waals surface area contributed by atoms with Gasteiger partial charge in [0.15, 0.2) is 0 Å². The SMILES string of the molecule is C=C(C)CCCCCCCCc1ccc2c(n1)NCCC2.CC.CC(C)CCCCCCCCCCCCc1ccccn1. The Morgan fingerprint density at radius 3 is 1.86 bits per heavy atom. The van der Waals surface area contributed by atoms with Crippen molar-refractivity contribution in [3.8, 4) is 0 Å². The van der Waals surface area contributed by atoms with Gasteiger partial charge < -0.3 is 5.32 Å². The van der Waals surface area contributed by atoms with E-state index in [0.29, 0.717) is 0 Å². The summed E-state index contributed by atoms with van der Waals surface area (Å²) in [7, 11) is 0. The predicted octanol–water partition coefficient (Wildman–Crippen LogP) is 12.9. The molecule has 3 rings (SSSR count). The molecule has 1 aliphatic heterocycles. The number of nitrogens with zero attached hydrogens (tertiary/aromatic N) is 2. The largest absolute Gasteiger partial charge is 0.370 e. The second-order valence-corrected chi connectivity index (χ2v) is 13.2. The molecule has 0 saturated heterocycles. The summed E-state index contributed by atoms with van der Waals surface area (Å²) in [6.07, 6.45) is 31.4.